The van der Waals surface area contributed by atoms with Gasteiger partial charge in [0.15, 0.2) is 0 Å². The highest BCUT2D eigenvalue weighted by Crippen LogP contribution is 2.43. The lowest BCUT2D eigenvalue weighted by molar-refractivity contribution is -0.139. The van der Waals surface area contributed by atoms with Crippen LogP contribution in [0.5, 0.6) is 17.2 Å². The van der Waals surface area contributed by atoms with Crippen molar-refractivity contribution in [2.45, 2.75) is 31.2 Å². The second-order valence-electron chi connectivity index (χ2n) is 9.80. The summed E-state index contributed by atoms with van der Waals surface area (Å²) in [5, 5.41) is 12.7. The number of nitrogens with one attached hydrogen (secondary N) is 1. The fourth-order valence-electron chi connectivity index (χ4n) is 4.96. The summed E-state index contributed by atoms with van der Waals surface area (Å²) in [7, 11) is 2.64. The van der Waals surface area contributed by atoms with E-state index in [1.165, 1.54) is 31.3 Å². The summed E-state index contributed by atoms with van der Waals surface area (Å²) >= 11 is 6.09. The predicted octanol–water partition coefficient (Wildman–Crippen LogP) is 6.28. The van der Waals surface area contributed by atoms with Crippen molar-refractivity contribution in [3.05, 3.63) is 88.0 Å². The van der Waals surface area contributed by atoms with Crippen LogP contribution < -0.4 is 24.4 Å². The molecule has 0 radical (unpaired) electrons. The fourth-order valence-corrected chi connectivity index (χ4v) is 5.08. The zero-order valence-electron chi connectivity index (χ0n) is 22.5. The quantitative estimate of drug-likeness (QED) is 0.297. The molecule has 0 aromatic heterocycles. The van der Waals surface area contributed by atoms with Crippen molar-refractivity contribution in [3.63, 3.8) is 0 Å². The lowest BCUT2D eigenvalue weighted by Crippen LogP contribution is -2.37. The number of carboxylic acid groups (broad SMARTS) is 1. The number of alkyl halides is 3. The largest absolute Gasteiger partial charge is 0.497 e. The van der Waals surface area contributed by atoms with E-state index < -0.39 is 35.8 Å². The van der Waals surface area contributed by atoms with Crippen molar-refractivity contribution >= 4 is 34.9 Å². The number of fused-ring (bicyclic) bond motifs is 1. The fraction of sp³-hybridized carbons (Fsp3) is 0.267. The zero-order valence-corrected chi connectivity index (χ0v) is 23.3. The number of anilines is 2. The molecular weight excluding hydrogens is 577 g/mol. The molecule has 42 heavy (non-hydrogen) atoms. The molecule has 2 atom stereocenters. The number of carbonyl (C=O) groups is 2. The molecule has 220 valence electrons. The Kier molecular flexibility index (Phi) is 7.96. The average Bonchev–Trinajstić information content (AvgIpc) is 3.35. The molecule has 2 aliphatic rings. The SMILES string of the molecule is COc1cc(NC(C(=O)N2CCc3cc(OC)c(C(F)(F)F)cc32)c2ccc(Cl)cc2)cc(O[C@@H]2C=C(C(=O)O)C2)c1. The smallest absolute Gasteiger partial charge is 0.420 e. The van der Waals surface area contributed by atoms with E-state index in [0.717, 1.165) is 6.07 Å². The van der Waals surface area contributed by atoms with E-state index in [1.807, 2.05) is 0 Å². The topological polar surface area (TPSA) is 97.3 Å². The van der Waals surface area contributed by atoms with Gasteiger partial charge in [-0.1, -0.05) is 23.7 Å². The summed E-state index contributed by atoms with van der Waals surface area (Å²) in [5.41, 5.74) is 0.978. The zero-order chi connectivity index (χ0) is 30.2. The molecule has 5 rings (SSSR count). The standard InChI is InChI=1S/C30H26ClF3N2O6/c1-40-21-12-20(13-23(14-21)42-22-9-18(10-22)29(38)39)35-27(16-3-5-19(31)6-4-16)28(37)36-8-7-17-11-26(41-2)24(15-25(17)36)30(32,33)34/h3-6,9,11-15,22,27,35H,7-8,10H2,1-2H3,(H,38,39)/t22-,27?/m1/s1. The maximum atomic E-state index is 14.1. The number of amides is 1. The Bertz CT molecular complexity index is 1560. The number of hydrogen-bond acceptors (Lipinski definition) is 6. The Morgan fingerprint density at radius 1 is 1.05 bits per heavy atom. The molecular formula is C30H26ClF3N2O6. The maximum absolute atomic E-state index is 14.1. The van der Waals surface area contributed by atoms with Crippen LogP contribution in [-0.4, -0.2) is 43.9 Å². The van der Waals surface area contributed by atoms with Crippen LogP contribution in [0.3, 0.4) is 0 Å². The van der Waals surface area contributed by atoms with E-state index in [2.05, 4.69) is 5.32 Å². The van der Waals surface area contributed by atoms with Gasteiger partial charge in [0.2, 0.25) is 0 Å². The highest BCUT2D eigenvalue weighted by Gasteiger charge is 2.39. The van der Waals surface area contributed by atoms with Gasteiger partial charge < -0.3 is 29.5 Å². The molecule has 1 heterocycles. The molecule has 1 amide bonds. The number of nitrogens with zero attached hydrogens (tertiary/aromatic N) is 1. The third-order valence-corrected chi connectivity index (χ3v) is 7.37. The van der Waals surface area contributed by atoms with Gasteiger partial charge in [-0.15, -0.1) is 0 Å². The second-order valence-corrected chi connectivity index (χ2v) is 10.2. The van der Waals surface area contributed by atoms with Gasteiger partial charge in [0.1, 0.15) is 29.4 Å². The van der Waals surface area contributed by atoms with E-state index in [-0.39, 0.29) is 30.0 Å². The molecule has 1 unspecified atom stereocenters. The molecule has 3 aromatic carbocycles. The van der Waals surface area contributed by atoms with Crippen LogP contribution in [0.1, 0.15) is 29.2 Å². The monoisotopic (exact) mass is 602 g/mol. The number of rotatable bonds is 9. The van der Waals surface area contributed by atoms with Gasteiger partial charge in [0.05, 0.1) is 19.8 Å². The molecule has 1 aliphatic heterocycles. The summed E-state index contributed by atoms with van der Waals surface area (Å²) in [6.45, 7) is 0.177. The first kappa shape index (κ1) is 29.1. The van der Waals surface area contributed by atoms with Gasteiger partial charge in [0.25, 0.3) is 5.91 Å². The molecule has 1 aliphatic carbocycles. The normalized spacial score (nSPS) is 16.6. The first-order valence-corrected chi connectivity index (χ1v) is 13.3. The van der Waals surface area contributed by atoms with Crippen LogP contribution in [0.4, 0.5) is 24.5 Å². The van der Waals surface area contributed by atoms with Crippen molar-refractivity contribution < 1.29 is 42.1 Å². The number of carboxylic acids is 1. The van der Waals surface area contributed by atoms with E-state index in [0.29, 0.717) is 39.8 Å². The number of carbonyl (C=O) groups excluding carboxylic acids is 1. The maximum Gasteiger partial charge on any atom is 0.420 e. The molecule has 8 nitrogen and oxygen atoms in total. The molecule has 12 heteroatoms. The van der Waals surface area contributed by atoms with Crippen LogP contribution in [0, 0.1) is 0 Å². The summed E-state index contributed by atoms with van der Waals surface area (Å²) in [6, 6.07) is 12.7. The van der Waals surface area contributed by atoms with Gasteiger partial charge in [0, 0.05) is 53.1 Å². The predicted molar refractivity (Wildman–Crippen MR) is 150 cm³/mol. The Morgan fingerprint density at radius 2 is 1.74 bits per heavy atom. The van der Waals surface area contributed by atoms with Crippen LogP contribution in [0.25, 0.3) is 0 Å². The lowest BCUT2D eigenvalue weighted by atomic mass is 9.96. The highest BCUT2D eigenvalue weighted by atomic mass is 35.5. The average molecular weight is 603 g/mol. The third kappa shape index (κ3) is 5.96. The number of ether oxygens (including phenoxy) is 3. The van der Waals surface area contributed by atoms with Gasteiger partial charge in [-0.05, 0) is 47.9 Å². The van der Waals surface area contributed by atoms with Crippen LogP contribution >= 0.6 is 11.6 Å². The van der Waals surface area contributed by atoms with Crippen LogP contribution in [0.2, 0.25) is 5.02 Å². The van der Waals surface area contributed by atoms with Crippen molar-refractivity contribution in [1.82, 2.24) is 0 Å². The molecule has 2 N–H and O–H groups in total. The Labute approximate surface area is 244 Å². The van der Waals surface area contributed by atoms with E-state index in [4.69, 9.17) is 30.9 Å². The third-order valence-electron chi connectivity index (χ3n) is 7.12. The minimum Gasteiger partial charge on any atom is -0.497 e. The van der Waals surface area contributed by atoms with E-state index in [1.54, 1.807) is 42.5 Å². The first-order valence-electron chi connectivity index (χ1n) is 12.9. The summed E-state index contributed by atoms with van der Waals surface area (Å²) in [4.78, 5) is 26.5. The number of aliphatic carboxylic acids is 1. The van der Waals surface area contributed by atoms with Gasteiger partial charge in [-0.25, -0.2) is 4.79 Å². The minimum atomic E-state index is -4.68. The molecule has 0 spiro atoms. The Hall–Kier alpha value is -4.38. The Morgan fingerprint density at radius 3 is 2.36 bits per heavy atom. The minimum absolute atomic E-state index is 0.162. The van der Waals surface area contributed by atoms with E-state index in [9.17, 15) is 22.8 Å². The number of benzene rings is 3. The lowest BCUT2D eigenvalue weighted by Gasteiger charge is -2.28. The number of hydrogen-bond donors (Lipinski definition) is 2. The van der Waals surface area contributed by atoms with Crippen molar-refractivity contribution in [2.24, 2.45) is 0 Å². The number of methoxy groups -OCH3 is 2. The highest BCUT2D eigenvalue weighted by molar-refractivity contribution is 6.30. The van der Waals surface area contributed by atoms with Crippen LogP contribution in [-0.2, 0) is 22.2 Å². The van der Waals surface area contributed by atoms with E-state index >= 15 is 0 Å². The van der Waals surface area contributed by atoms with Gasteiger partial charge >= 0.3 is 12.1 Å². The van der Waals surface area contributed by atoms with Crippen LogP contribution in [0.15, 0.2) is 66.2 Å². The van der Waals surface area contributed by atoms with Crippen molar-refractivity contribution in [3.8, 4) is 17.2 Å². The Balaban J connectivity index is 1.48. The molecule has 0 saturated heterocycles. The summed E-state index contributed by atoms with van der Waals surface area (Å²) in [6.07, 6.45) is -3.02. The van der Waals surface area contributed by atoms with Gasteiger partial charge in [-0.2, -0.15) is 13.2 Å². The molecule has 0 saturated carbocycles. The van der Waals surface area contributed by atoms with Crippen molar-refractivity contribution in [2.75, 3.05) is 31.0 Å². The number of halogens is 4. The molecule has 0 fully saturated rings. The first-order chi connectivity index (χ1) is 20.0. The molecule has 3 aromatic rings. The second kappa shape index (κ2) is 11.5. The van der Waals surface area contributed by atoms with Gasteiger partial charge in [-0.3, -0.25) is 4.79 Å². The summed E-state index contributed by atoms with van der Waals surface area (Å²) in [5.74, 6) is -1.00. The summed E-state index contributed by atoms with van der Waals surface area (Å²) < 4.78 is 57.7. The van der Waals surface area contributed by atoms with Crippen molar-refractivity contribution in [1.29, 1.82) is 0 Å². The molecule has 0 bridgehead atoms.